The molecule has 5 aromatic rings. The monoisotopic (exact) mass is 526 g/mol. The van der Waals surface area contributed by atoms with Crippen LogP contribution in [0, 0.1) is 5.82 Å². The van der Waals surface area contributed by atoms with Crippen LogP contribution in [0.2, 0.25) is 0 Å². The molecule has 8 nitrogen and oxygen atoms in total. The molecular weight excluding hydrogens is 495 g/mol. The van der Waals surface area contributed by atoms with Gasteiger partial charge in [0.15, 0.2) is 11.5 Å². The molecule has 200 valence electrons. The third-order valence-electron chi connectivity index (χ3n) is 7.26. The lowest BCUT2D eigenvalue weighted by Crippen LogP contribution is -2.18. The Kier molecular flexibility index (Phi) is 5.99. The van der Waals surface area contributed by atoms with Crippen molar-refractivity contribution in [1.82, 2.24) is 29.3 Å². The van der Waals surface area contributed by atoms with Crippen molar-refractivity contribution in [2.45, 2.75) is 64.5 Å². The van der Waals surface area contributed by atoms with E-state index >= 15 is 0 Å². The van der Waals surface area contributed by atoms with E-state index in [4.69, 9.17) is 10.1 Å². The van der Waals surface area contributed by atoms with Gasteiger partial charge in [-0.1, -0.05) is 38.1 Å². The molecule has 0 unspecified atom stereocenters. The minimum Gasteiger partial charge on any atom is -0.384 e. The van der Waals surface area contributed by atoms with Gasteiger partial charge in [-0.05, 0) is 62.4 Å². The standard InChI is InChI=1S/C30H31FN6O2/c1-17(2)26-21(6-5-7-22(26)31)27-32-15-23-28(34-27)36(29(38)33-23)16-18-8-12-20(13-9-18)37-24(19-10-11-19)14-25(35-37)30(3,4)39/h5-9,12-15,17,19,39H,10-11,16H2,1-4H3,(H,33,38). The number of aliphatic hydroxyl groups is 1. The minimum absolute atomic E-state index is 0.0535. The Morgan fingerprint density at radius 1 is 1.15 bits per heavy atom. The molecule has 1 saturated carbocycles. The first-order valence-corrected chi connectivity index (χ1v) is 13.3. The number of aromatic nitrogens is 6. The minimum atomic E-state index is -1.02. The Hall–Kier alpha value is -4.11. The molecule has 0 atom stereocenters. The zero-order valence-electron chi connectivity index (χ0n) is 22.4. The van der Waals surface area contributed by atoms with Crippen LogP contribution in [0.5, 0.6) is 0 Å². The van der Waals surface area contributed by atoms with Crippen molar-refractivity contribution >= 4 is 11.2 Å². The summed E-state index contributed by atoms with van der Waals surface area (Å²) in [6.07, 6.45) is 3.82. The maximum Gasteiger partial charge on any atom is 0.328 e. The van der Waals surface area contributed by atoms with Crippen LogP contribution in [-0.2, 0) is 12.1 Å². The lowest BCUT2D eigenvalue weighted by molar-refractivity contribution is 0.0734. The van der Waals surface area contributed by atoms with E-state index < -0.39 is 5.60 Å². The van der Waals surface area contributed by atoms with E-state index in [0.717, 1.165) is 29.8 Å². The van der Waals surface area contributed by atoms with Crippen molar-refractivity contribution < 1.29 is 9.50 Å². The number of hydrogen-bond donors (Lipinski definition) is 2. The summed E-state index contributed by atoms with van der Waals surface area (Å²) in [5.74, 6) is 0.487. The molecule has 1 aliphatic rings. The molecular formula is C30H31FN6O2. The van der Waals surface area contributed by atoms with Gasteiger partial charge in [0, 0.05) is 22.7 Å². The highest BCUT2D eigenvalue weighted by Crippen LogP contribution is 2.42. The van der Waals surface area contributed by atoms with Gasteiger partial charge in [-0.15, -0.1) is 0 Å². The van der Waals surface area contributed by atoms with Crippen molar-refractivity contribution in [3.05, 3.63) is 93.5 Å². The van der Waals surface area contributed by atoms with E-state index in [0.29, 0.717) is 46.3 Å². The lowest BCUT2D eigenvalue weighted by Gasteiger charge is -2.13. The highest BCUT2D eigenvalue weighted by Gasteiger charge is 2.31. The third kappa shape index (κ3) is 4.67. The smallest absolute Gasteiger partial charge is 0.328 e. The molecule has 3 aromatic heterocycles. The second-order valence-corrected chi connectivity index (χ2v) is 11.2. The van der Waals surface area contributed by atoms with E-state index in [2.05, 4.69) is 9.97 Å². The number of nitrogens with one attached hydrogen (secondary N) is 1. The first-order valence-electron chi connectivity index (χ1n) is 13.3. The highest BCUT2D eigenvalue weighted by atomic mass is 19.1. The zero-order valence-corrected chi connectivity index (χ0v) is 22.4. The number of halogens is 1. The van der Waals surface area contributed by atoms with Gasteiger partial charge in [-0.3, -0.25) is 4.57 Å². The third-order valence-corrected chi connectivity index (χ3v) is 7.26. The SMILES string of the molecule is CC(C)c1c(F)cccc1-c1ncc2[nH]c(=O)n(Cc3ccc(-n4nc(C(C)(C)O)cc4C4CC4)cc3)c2n1. The predicted molar refractivity (Wildman–Crippen MR) is 148 cm³/mol. The topological polar surface area (TPSA) is 102 Å². The van der Waals surface area contributed by atoms with Crippen molar-refractivity contribution in [2.24, 2.45) is 0 Å². The predicted octanol–water partition coefficient (Wildman–Crippen LogP) is 5.39. The molecule has 1 fully saturated rings. The molecule has 0 bridgehead atoms. The fourth-order valence-electron chi connectivity index (χ4n) is 5.04. The van der Waals surface area contributed by atoms with Crippen molar-refractivity contribution in [2.75, 3.05) is 0 Å². The molecule has 39 heavy (non-hydrogen) atoms. The van der Waals surface area contributed by atoms with Gasteiger partial charge in [0.1, 0.15) is 16.9 Å². The first-order chi connectivity index (χ1) is 18.6. The van der Waals surface area contributed by atoms with Crippen LogP contribution >= 0.6 is 0 Å². The molecule has 0 spiro atoms. The summed E-state index contributed by atoms with van der Waals surface area (Å²) in [5, 5.41) is 15.2. The van der Waals surface area contributed by atoms with Crippen LogP contribution in [0.1, 0.15) is 74.9 Å². The summed E-state index contributed by atoms with van der Waals surface area (Å²) in [5.41, 5.74) is 4.41. The van der Waals surface area contributed by atoms with Gasteiger partial charge in [0.25, 0.3) is 0 Å². The van der Waals surface area contributed by atoms with E-state index in [9.17, 15) is 14.3 Å². The highest BCUT2D eigenvalue weighted by molar-refractivity contribution is 5.74. The first kappa shape index (κ1) is 25.2. The Morgan fingerprint density at radius 2 is 1.90 bits per heavy atom. The van der Waals surface area contributed by atoms with E-state index in [1.54, 1.807) is 30.7 Å². The number of fused-ring (bicyclic) bond motifs is 1. The quantitative estimate of drug-likeness (QED) is 0.296. The van der Waals surface area contributed by atoms with Crippen LogP contribution in [0.15, 0.2) is 59.5 Å². The van der Waals surface area contributed by atoms with E-state index in [-0.39, 0.29) is 17.4 Å². The van der Waals surface area contributed by atoms with Crippen LogP contribution in [0.4, 0.5) is 4.39 Å². The molecule has 2 N–H and O–H groups in total. The summed E-state index contributed by atoms with van der Waals surface area (Å²) in [4.78, 5) is 24.8. The Balaban J connectivity index is 1.34. The van der Waals surface area contributed by atoms with Crippen LogP contribution in [0.25, 0.3) is 28.2 Å². The van der Waals surface area contributed by atoms with Gasteiger partial charge in [0.2, 0.25) is 0 Å². The van der Waals surface area contributed by atoms with Crippen LogP contribution < -0.4 is 5.69 Å². The molecule has 0 aliphatic heterocycles. The van der Waals surface area contributed by atoms with Gasteiger partial charge in [-0.2, -0.15) is 5.10 Å². The number of imidazole rings is 1. The number of benzene rings is 2. The Labute approximate surface area is 225 Å². The van der Waals surface area contributed by atoms with E-state index in [1.807, 2.05) is 54.9 Å². The summed E-state index contributed by atoms with van der Waals surface area (Å²) < 4.78 is 18.1. The second kappa shape index (κ2) is 9.27. The fourth-order valence-corrected chi connectivity index (χ4v) is 5.04. The fraction of sp³-hybridized carbons (Fsp3) is 0.333. The number of H-pyrrole nitrogens is 1. The van der Waals surface area contributed by atoms with Gasteiger partial charge in [0.05, 0.1) is 24.1 Å². The average Bonchev–Trinajstić information content (AvgIpc) is 3.55. The Bertz CT molecular complexity index is 1740. The molecule has 0 amide bonds. The maximum absolute atomic E-state index is 14.6. The Morgan fingerprint density at radius 3 is 2.56 bits per heavy atom. The summed E-state index contributed by atoms with van der Waals surface area (Å²) in [6.45, 7) is 7.65. The average molecular weight is 527 g/mol. The van der Waals surface area contributed by atoms with Gasteiger partial charge >= 0.3 is 5.69 Å². The number of hydrogen-bond acceptors (Lipinski definition) is 5. The number of rotatable bonds is 7. The largest absolute Gasteiger partial charge is 0.384 e. The van der Waals surface area contributed by atoms with Crippen molar-refractivity contribution in [3.8, 4) is 17.1 Å². The number of aromatic amines is 1. The lowest BCUT2D eigenvalue weighted by atomic mass is 9.96. The molecule has 6 rings (SSSR count). The molecule has 0 radical (unpaired) electrons. The molecule has 1 aliphatic carbocycles. The normalized spacial score (nSPS) is 14.0. The van der Waals surface area contributed by atoms with Gasteiger partial charge in [-0.25, -0.2) is 23.8 Å². The molecule has 3 heterocycles. The van der Waals surface area contributed by atoms with Crippen molar-refractivity contribution in [1.29, 1.82) is 0 Å². The van der Waals surface area contributed by atoms with E-state index in [1.165, 1.54) is 6.07 Å². The maximum atomic E-state index is 14.6. The molecule has 2 aromatic carbocycles. The summed E-state index contributed by atoms with van der Waals surface area (Å²) in [6, 6.07) is 14.8. The van der Waals surface area contributed by atoms with Crippen LogP contribution in [-0.4, -0.2) is 34.4 Å². The van der Waals surface area contributed by atoms with Crippen LogP contribution in [0.3, 0.4) is 0 Å². The second-order valence-electron chi connectivity index (χ2n) is 11.2. The molecule has 0 saturated heterocycles. The molecule has 9 heteroatoms. The van der Waals surface area contributed by atoms with Gasteiger partial charge < -0.3 is 10.1 Å². The van der Waals surface area contributed by atoms with Crippen molar-refractivity contribution in [3.63, 3.8) is 0 Å². The summed E-state index contributed by atoms with van der Waals surface area (Å²) in [7, 11) is 0. The summed E-state index contributed by atoms with van der Waals surface area (Å²) >= 11 is 0. The zero-order chi connectivity index (χ0) is 27.5. The number of nitrogens with zero attached hydrogens (tertiary/aromatic N) is 5.